The first-order valence-electron chi connectivity index (χ1n) is 8.46. The fraction of sp³-hybridized carbons (Fsp3) is 0.444. The molecule has 5 nitrogen and oxygen atoms in total. The zero-order chi connectivity index (χ0) is 18.8. The number of ether oxygens (including phenoxy) is 1. The number of benzene rings is 1. The van der Waals surface area contributed by atoms with E-state index in [0.29, 0.717) is 23.1 Å². The number of aromatic nitrogens is 2. The molecule has 0 aliphatic heterocycles. The molecular formula is C18H20ClF2N3O2. The number of halogens is 3. The number of rotatable bonds is 7. The number of hydrogen-bond acceptors (Lipinski definition) is 3. The van der Waals surface area contributed by atoms with Gasteiger partial charge in [-0.2, -0.15) is 13.9 Å². The number of nitrogens with zero attached hydrogens (tertiary/aromatic N) is 2. The summed E-state index contributed by atoms with van der Waals surface area (Å²) in [5.74, 6) is 0.357. The summed E-state index contributed by atoms with van der Waals surface area (Å²) >= 11 is 5.93. The van der Waals surface area contributed by atoms with E-state index in [-0.39, 0.29) is 16.7 Å². The third-order valence-electron chi connectivity index (χ3n) is 4.03. The van der Waals surface area contributed by atoms with Crippen LogP contribution in [0.4, 0.5) is 14.5 Å². The molecule has 1 N–H and O–H groups in total. The van der Waals surface area contributed by atoms with Crippen molar-refractivity contribution in [2.75, 3.05) is 5.32 Å². The second kappa shape index (κ2) is 7.61. The van der Waals surface area contributed by atoms with E-state index in [0.717, 1.165) is 25.1 Å². The third kappa shape index (κ3) is 4.33. The summed E-state index contributed by atoms with van der Waals surface area (Å²) in [6.45, 7) is 2.00. The Kier molecular flexibility index (Phi) is 5.46. The van der Waals surface area contributed by atoms with Gasteiger partial charge in [-0.1, -0.05) is 25.4 Å². The average molecular weight is 384 g/mol. The normalized spacial score (nSPS) is 14.1. The van der Waals surface area contributed by atoms with Crippen molar-refractivity contribution in [3.8, 4) is 5.75 Å². The van der Waals surface area contributed by atoms with Gasteiger partial charge < -0.3 is 10.1 Å². The fourth-order valence-corrected chi connectivity index (χ4v) is 3.04. The van der Waals surface area contributed by atoms with Crippen molar-refractivity contribution < 1.29 is 18.3 Å². The highest BCUT2D eigenvalue weighted by Crippen LogP contribution is 2.42. The first-order valence-corrected chi connectivity index (χ1v) is 8.84. The Labute approximate surface area is 155 Å². The van der Waals surface area contributed by atoms with Crippen LogP contribution in [0.3, 0.4) is 0 Å². The van der Waals surface area contributed by atoms with Crippen molar-refractivity contribution >= 4 is 23.2 Å². The SMILES string of the molecule is CC(C)Cn1ncc(C(=O)Nc2ccc(OC(F)F)c(Cl)c2)c1C1CC1. The molecular weight excluding hydrogens is 364 g/mol. The zero-order valence-electron chi connectivity index (χ0n) is 14.5. The molecule has 1 amide bonds. The second-order valence-corrected chi connectivity index (χ2v) is 7.18. The van der Waals surface area contributed by atoms with Crippen LogP contribution >= 0.6 is 11.6 Å². The molecule has 1 fully saturated rings. The van der Waals surface area contributed by atoms with Crippen molar-refractivity contribution in [1.29, 1.82) is 0 Å². The van der Waals surface area contributed by atoms with Crippen LogP contribution in [-0.2, 0) is 6.54 Å². The number of carbonyl (C=O) groups excluding carboxylic acids is 1. The first-order chi connectivity index (χ1) is 12.3. The molecule has 0 atom stereocenters. The van der Waals surface area contributed by atoms with E-state index in [2.05, 4.69) is 29.0 Å². The van der Waals surface area contributed by atoms with E-state index in [1.54, 1.807) is 6.20 Å². The van der Waals surface area contributed by atoms with Gasteiger partial charge in [0.15, 0.2) is 0 Å². The average Bonchev–Trinajstić information content (AvgIpc) is 3.30. The van der Waals surface area contributed by atoms with Gasteiger partial charge in [0, 0.05) is 18.2 Å². The molecule has 2 aromatic rings. The van der Waals surface area contributed by atoms with Gasteiger partial charge in [-0.15, -0.1) is 0 Å². The number of amides is 1. The lowest BCUT2D eigenvalue weighted by atomic mass is 10.1. The largest absolute Gasteiger partial charge is 0.433 e. The minimum Gasteiger partial charge on any atom is -0.433 e. The summed E-state index contributed by atoms with van der Waals surface area (Å²) in [5, 5.41) is 7.12. The van der Waals surface area contributed by atoms with Crippen molar-refractivity contribution in [2.45, 2.75) is 45.8 Å². The number of nitrogens with one attached hydrogen (secondary N) is 1. The van der Waals surface area contributed by atoms with Crippen molar-refractivity contribution in [3.05, 3.63) is 40.7 Å². The molecule has 0 saturated heterocycles. The van der Waals surface area contributed by atoms with Crippen molar-refractivity contribution in [2.24, 2.45) is 5.92 Å². The molecule has 0 bridgehead atoms. The lowest BCUT2D eigenvalue weighted by Gasteiger charge is -2.12. The summed E-state index contributed by atoms with van der Waals surface area (Å²) in [4.78, 5) is 12.7. The molecule has 0 unspecified atom stereocenters. The highest BCUT2D eigenvalue weighted by Gasteiger charge is 2.32. The molecule has 1 aliphatic rings. The Morgan fingerprint density at radius 1 is 1.42 bits per heavy atom. The predicted octanol–water partition coefficient (Wildman–Crippen LogP) is 4.92. The highest BCUT2D eigenvalue weighted by molar-refractivity contribution is 6.32. The Morgan fingerprint density at radius 2 is 2.15 bits per heavy atom. The maximum atomic E-state index is 12.7. The first kappa shape index (κ1) is 18.6. The van der Waals surface area contributed by atoms with E-state index < -0.39 is 6.61 Å². The van der Waals surface area contributed by atoms with Gasteiger partial charge in [0.1, 0.15) is 5.75 Å². The van der Waals surface area contributed by atoms with E-state index in [1.807, 2.05) is 4.68 Å². The van der Waals surface area contributed by atoms with E-state index in [9.17, 15) is 13.6 Å². The monoisotopic (exact) mass is 383 g/mol. The smallest absolute Gasteiger partial charge is 0.387 e. The van der Waals surface area contributed by atoms with Gasteiger partial charge in [-0.25, -0.2) is 0 Å². The van der Waals surface area contributed by atoms with Gasteiger partial charge in [-0.3, -0.25) is 9.48 Å². The van der Waals surface area contributed by atoms with Gasteiger partial charge in [0.05, 0.1) is 22.5 Å². The van der Waals surface area contributed by atoms with Gasteiger partial charge in [-0.05, 0) is 37.0 Å². The van der Waals surface area contributed by atoms with E-state index in [1.165, 1.54) is 18.2 Å². The standard InChI is InChI=1S/C18H20ClF2N3O2/c1-10(2)9-24-16(11-3-4-11)13(8-22-24)17(25)23-12-5-6-15(14(19)7-12)26-18(20)21/h5-8,10-11,18H,3-4,9H2,1-2H3,(H,23,25). The predicted molar refractivity (Wildman–Crippen MR) is 95.1 cm³/mol. The number of anilines is 1. The van der Waals surface area contributed by atoms with Crippen LogP contribution in [0.1, 0.15) is 48.7 Å². The summed E-state index contributed by atoms with van der Waals surface area (Å²) in [5.41, 5.74) is 1.90. The number of alkyl halides is 2. The van der Waals surface area contributed by atoms with Crippen LogP contribution in [0.15, 0.2) is 24.4 Å². The third-order valence-corrected chi connectivity index (χ3v) is 4.33. The quantitative estimate of drug-likeness (QED) is 0.738. The van der Waals surface area contributed by atoms with Crippen LogP contribution in [0.2, 0.25) is 5.02 Å². The molecule has 26 heavy (non-hydrogen) atoms. The molecule has 1 aliphatic carbocycles. The second-order valence-electron chi connectivity index (χ2n) is 6.77. The molecule has 1 aromatic heterocycles. The zero-order valence-corrected chi connectivity index (χ0v) is 15.3. The fourth-order valence-electron chi connectivity index (χ4n) is 2.82. The molecule has 1 saturated carbocycles. The maximum absolute atomic E-state index is 12.7. The minimum absolute atomic E-state index is 0.000944. The molecule has 8 heteroatoms. The number of hydrogen-bond donors (Lipinski definition) is 1. The van der Waals surface area contributed by atoms with E-state index >= 15 is 0 Å². The lowest BCUT2D eigenvalue weighted by Crippen LogP contribution is -2.16. The topological polar surface area (TPSA) is 56.2 Å². The Balaban J connectivity index is 1.78. The summed E-state index contributed by atoms with van der Waals surface area (Å²) in [6, 6.07) is 4.15. The number of carbonyl (C=O) groups is 1. The van der Waals surface area contributed by atoms with E-state index in [4.69, 9.17) is 11.6 Å². The van der Waals surface area contributed by atoms with Crippen LogP contribution in [0.5, 0.6) is 5.75 Å². The summed E-state index contributed by atoms with van der Waals surface area (Å²) < 4.78 is 30.8. The van der Waals surface area contributed by atoms with Crippen LogP contribution in [-0.4, -0.2) is 22.3 Å². The summed E-state index contributed by atoms with van der Waals surface area (Å²) in [6.07, 6.45) is 3.69. The van der Waals surface area contributed by atoms with Crippen LogP contribution in [0, 0.1) is 5.92 Å². The van der Waals surface area contributed by atoms with Crippen molar-refractivity contribution in [1.82, 2.24) is 9.78 Å². The van der Waals surface area contributed by atoms with Gasteiger partial charge in [0.25, 0.3) is 5.91 Å². The molecule has 1 aromatic carbocycles. The molecule has 0 radical (unpaired) electrons. The van der Waals surface area contributed by atoms with Gasteiger partial charge >= 0.3 is 6.61 Å². The maximum Gasteiger partial charge on any atom is 0.387 e. The molecule has 0 spiro atoms. The molecule has 1 heterocycles. The highest BCUT2D eigenvalue weighted by atomic mass is 35.5. The van der Waals surface area contributed by atoms with Crippen LogP contribution < -0.4 is 10.1 Å². The molecule has 140 valence electrons. The van der Waals surface area contributed by atoms with Gasteiger partial charge in [0.2, 0.25) is 0 Å². The summed E-state index contributed by atoms with van der Waals surface area (Å²) in [7, 11) is 0. The Morgan fingerprint density at radius 3 is 2.73 bits per heavy atom. The minimum atomic E-state index is -2.96. The van der Waals surface area contributed by atoms with Crippen molar-refractivity contribution in [3.63, 3.8) is 0 Å². The molecule has 3 rings (SSSR count). The lowest BCUT2D eigenvalue weighted by molar-refractivity contribution is -0.0497. The van der Waals surface area contributed by atoms with Crippen LogP contribution in [0.25, 0.3) is 0 Å². The Bertz CT molecular complexity index is 804. The Hall–Kier alpha value is -2.15.